The second-order valence-electron chi connectivity index (χ2n) is 10.7. The van der Waals surface area contributed by atoms with Gasteiger partial charge in [-0.1, -0.05) is 61.2 Å². The van der Waals surface area contributed by atoms with Gasteiger partial charge in [-0.05, 0) is 42.2 Å². The number of anilines is 1. The number of halogens is 1. The summed E-state index contributed by atoms with van der Waals surface area (Å²) in [6, 6.07) is 15.7. The Morgan fingerprint density at radius 3 is 2.36 bits per heavy atom. The zero-order valence-electron chi connectivity index (χ0n) is 22.0. The normalized spacial score (nSPS) is 18.2. The van der Waals surface area contributed by atoms with Crippen molar-refractivity contribution in [1.82, 2.24) is 20.0 Å². The summed E-state index contributed by atoms with van der Waals surface area (Å²) < 4.78 is 7.85. The topological polar surface area (TPSA) is 79.7 Å². The summed E-state index contributed by atoms with van der Waals surface area (Å²) in [6.07, 6.45) is 8.82. The molecule has 8 nitrogen and oxygen atoms in total. The fraction of sp³-hybridized carbons (Fsp3) is 0.433. The molecule has 0 unspecified atom stereocenters. The number of hydrogen-bond acceptors (Lipinski definition) is 5. The lowest BCUT2D eigenvalue weighted by molar-refractivity contribution is 0.186. The van der Waals surface area contributed by atoms with E-state index in [1.807, 2.05) is 17.0 Å². The van der Waals surface area contributed by atoms with Gasteiger partial charge in [0, 0.05) is 50.1 Å². The van der Waals surface area contributed by atoms with Crippen LogP contribution < -0.4 is 20.5 Å². The first-order valence-electron chi connectivity index (χ1n) is 14.0. The third-order valence-corrected chi connectivity index (χ3v) is 8.34. The monoisotopic (exact) mass is 547 g/mol. The summed E-state index contributed by atoms with van der Waals surface area (Å²) in [6.45, 7) is 2.34. The third-order valence-electron chi connectivity index (χ3n) is 8.11. The van der Waals surface area contributed by atoms with Crippen LogP contribution in [0.3, 0.4) is 0 Å². The fourth-order valence-corrected chi connectivity index (χ4v) is 6.17. The van der Waals surface area contributed by atoms with E-state index in [9.17, 15) is 9.59 Å². The fourth-order valence-electron chi connectivity index (χ4n) is 5.99. The molecule has 1 saturated heterocycles. The van der Waals surface area contributed by atoms with Gasteiger partial charge in [0.25, 0.3) is 0 Å². The number of benzene rings is 2. The predicted octanol–water partition coefficient (Wildman–Crippen LogP) is 4.60. The van der Waals surface area contributed by atoms with Gasteiger partial charge >= 0.3 is 11.6 Å². The highest BCUT2D eigenvalue weighted by atomic mass is 35.5. The van der Waals surface area contributed by atoms with Crippen molar-refractivity contribution in [2.75, 3.05) is 31.1 Å². The van der Waals surface area contributed by atoms with Gasteiger partial charge in [0.15, 0.2) is 0 Å². The molecule has 1 aliphatic heterocycles. The average molecular weight is 548 g/mol. The molecule has 3 aromatic rings. The molecule has 2 aromatic carbocycles. The van der Waals surface area contributed by atoms with Crippen LogP contribution in [0.25, 0.3) is 5.69 Å². The molecule has 39 heavy (non-hydrogen) atoms. The van der Waals surface area contributed by atoms with Gasteiger partial charge in [0.1, 0.15) is 11.8 Å². The summed E-state index contributed by atoms with van der Waals surface area (Å²) in [5.74, 6) is 0.294. The van der Waals surface area contributed by atoms with Gasteiger partial charge in [-0.2, -0.15) is 9.78 Å². The van der Waals surface area contributed by atoms with E-state index in [4.69, 9.17) is 16.3 Å². The van der Waals surface area contributed by atoms with Crippen LogP contribution in [0, 0.1) is 0 Å². The molecule has 204 valence electrons. The summed E-state index contributed by atoms with van der Waals surface area (Å²) in [5.41, 5.74) is 3.45. The average Bonchev–Trinajstić information content (AvgIpc) is 3.37. The van der Waals surface area contributed by atoms with Gasteiger partial charge in [-0.25, -0.2) is 4.79 Å². The van der Waals surface area contributed by atoms with Crippen molar-refractivity contribution in [2.24, 2.45) is 0 Å². The van der Waals surface area contributed by atoms with Crippen molar-refractivity contribution >= 4 is 23.3 Å². The number of ether oxygens (including phenoxy) is 1. The lowest BCUT2D eigenvalue weighted by Gasteiger charge is -2.37. The van der Waals surface area contributed by atoms with Gasteiger partial charge in [0.2, 0.25) is 5.75 Å². The molecule has 0 bridgehead atoms. The third kappa shape index (κ3) is 5.62. The van der Waals surface area contributed by atoms with Gasteiger partial charge in [-0.3, -0.25) is 4.79 Å². The van der Waals surface area contributed by atoms with E-state index in [1.165, 1.54) is 35.1 Å². The van der Waals surface area contributed by atoms with E-state index < -0.39 is 0 Å². The SMILES string of the molecule is O=C(NC1CCCCC1)N1CCN(c2cnn(-c3cccc(Cl)c3)c(=O)c2OC2Cc3ccccc3C2)CC1. The summed E-state index contributed by atoms with van der Waals surface area (Å²) in [4.78, 5) is 30.7. The number of rotatable bonds is 5. The minimum Gasteiger partial charge on any atom is -0.482 e. The maximum atomic E-state index is 13.8. The Labute approximate surface area is 233 Å². The molecule has 0 spiro atoms. The molecule has 1 saturated carbocycles. The molecule has 2 amide bonds. The van der Waals surface area contributed by atoms with E-state index in [2.05, 4.69) is 27.4 Å². The summed E-state index contributed by atoms with van der Waals surface area (Å²) in [7, 11) is 0. The van der Waals surface area contributed by atoms with Crippen LogP contribution in [0.15, 0.2) is 59.5 Å². The Morgan fingerprint density at radius 2 is 1.67 bits per heavy atom. The standard InChI is InChI=1S/C30H34ClN5O3/c31-23-9-6-12-25(19-23)36-29(37)28(39-26-17-21-7-4-5-8-22(21)18-26)27(20-32-36)34-13-15-35(16-14-34)30(38)33-24-10-2-1-3-11-24/h4-9,12,19-20,24,26H,1-3,10-11,13-18H2,(H,33,38). The molecule has 2 aliphatic carbocycles. The highest BCUT2D eigenvalue weighted by Crippen LogP contribution is 2.31. The van der Waals surface area contributed by atoms with Crippen molar-refractivity contribution in [3.63, 3.8) is 0 Å². The van der Waals surface area contributed by atoms with Crippen molar-refractivity contribution in [3.8, 4) is 11.4 Å². The molecular formula is C30H34ClN5O3. The van der Waals surface area contributed by atoms with Crippen LogP contribution in [0.1, 0.15) is 43.2 Å². The molecule has 1 aromatic heterocycles. The summed E-state index contributed by atoms with van der Waals surface area (Å²) in [5, 5.41) is 8.25. The number of carbonyl (C=O) groups is 1. The molecule has 2 heterocycles. The summed E-state index contributed by atoms with van der Waals surface area (Å²) >= 11 is 6.21. The zero-order valence-corrected chi connectivity index (χ0v) is 22.8. The number of hydrogen-bond donors (Lipinski definition) is 1. The minimum atomic E-state index is -0.316. The molecule has 2 fully saturated rings. The second kappa shape index (κ2) is 11.3. The lowest BCUT2D eigenvalue weighted by Crippen LogP contribution is -2.54. The largest absolute Gasteiger partial charge is 0.482 e. The van der Waals surface area contributed by atoms with Crippen LogP contribution in [-0.4, -0.2) is 59.0 Å². The highest BCUT2D eigenvalue weighted by Gasteiger charge is 2.30. The minimum absolute atomic E-state index is 0.0104. The molecule has 6 rings (SSSR count). The van der Waals surface area contributed by atoms with Crippen LogP contribution in [0.2, 0.25) is 5.02 Å². The first kappa shape index (κ1) is 25.7. The van der Waals surface area contributed by atoms with Crippen LogP contribution >= 0.6 is 11.6 Å². The molecule has 0 atom stereocenters. The number of urea groups is 1. The van der Waals surface area contributed by atoms with Crippen molar-refractivity contribution < 1.29 is 9.53 Å². The Kier molecular flexibility index (Phi) is 7.46. The first-order chi connectivity index (χ1) is 19.0. The van der Waals surface area contributed by atoms with E-state index in [0.717, 1.165) is 25.7 Å². The Balaban J connectivity index is 1.23. The van der Waals surface area contributed by atoms with E-state index >= 15 is 0 Å². The van der Waals surface area contributed by atoms with E-state index in [0.29, 0.717) is 48.3 Å². The maximum Gasteiger partial charge on any atom is 0.317 e. The number of piperazine rings is 1. The predicted molar refractivity (Wildman–Crippen MR) is 152 cm³/mol. The zero-order chi connectivity index (χ0) is 26.8. The van der Waals surface area contributed by atoms with E-state index in [1.54, 1.807) is 30.5 Å². The van der Waals surface area contributed by atoms with Crippen LogP contribution in [-0.2, 0) is 12.8 Å². The Hall–Kier alpha value is -3.52. The molecule has 9 heteroatoms. The van der Waals surface area contributed by atoms with Crippen LogP contribution in [0.5, 0.6) is 5.75 Å². The maximum absolute atomic E-state index is 13.8. The second-order valence-corrected chi connectivity index (χ2v) is 11.2. The van der Waals surface area contributed by atoms with Gasteiger partial charge in [0.05, 0.1) is 11.9 Å². The number of nitrogens with zero attached hydrogens (tertiary/aromatic N) is 4. The van der Waals surface area contributed by atoms with Crippen molar-refractivity contribution in [2.45, 2.75) is 57.1 Å². The number of carbonyl (C=O) groups excluding carboxylic acids is 1. The molecule has 1 N–H and O–H groups in total. The Bertz CT molecular complexity index is 1370. The molecule has 3 aliphatic rings. The highest BCUT2D eigenvalue weighted by molar-refractivity contribution is 6.30. The Morgan fingerprint density at radius 1 is 0.949 bits per heavy atom. The van der Waals surface area contributed by atoms with Crippen molar-refractivity contribution in [1.29, 1.82) is 0 Å². The smallest absolute Gasteiger partial charge is 0.317 e. The van der Waals surface area contributed by atoms with E-state index in [-0.39, 0.29) is 23.7 Å². The van der Waals surface area contributed by atoms with Crippen molar-refractivity contribution in [3.05, 3.63) is 81.2 Å². The number of fused-ring (bicyclic) bond motifs is 1. The molecule has 0 radical (unpaired) electrons. The number of amides is 2. The number of aromatic nitrogens is 2. The lowest BCUT2D eigenvalue weighted by atomic mass is 9.96. The first-order valence-corrected chi connectivity index (χ1v) is 14.3. The molecular weight excluding hydrogens is 514 g/mol. The quantitative estimate of drug-likeness (QED) is 0.505. The van der Waals surface area contributed by atoms with Gasteiger partial charge in [-0.15, -0.1) is 0 Å². The van der Waals surface area contributed by atoms with Crippen LogP contribution in [0.4, 0.5) is 10.5 Å². The van der Waals surface area contributed by atoms with Gasteiger partial charge < -0.3 is 19.9 Å². The number of nitrogens with one attached hydrogen (secondary N) is 1.